The lowest BCUT2D eigenvalue weighted by molar-refractivity contribution is 0.0762. The van der Waals surface area contributed by atoms with E-state index in [1.165, 1.54) is 0 Å². The molecule has 0 saturated heterocycles. The number of likely N-dealkylation sites (N-methyl/N-ethyl adjacent to an activating group) is 1. The van der Waals surface area contributed by atoms with Gasteiger partial charge in [-0.3, -0.25) is 4.79 Å². The monoisotopic (exact) mass is 244 g/mol. The summed E-state index contributed by atoms with van der Waals surface area (Å²) in [7, 11) is 1.83. The highest BCUT2D eigenvalue weighted by molar-refractivity contribution is 5.96. The highest BCUT2D eigenvalue weighted by Gasteiger charge is 2.28. The predicted molar refractivity (Wildman–Crippen MR) is 69.4 cm³/mol. The largest absolute Gasteiger partial charge is 0.341 e. The second-order valence-electron chi connectivity index (χ2n) is 4.57. The third kappa shape index (κ3) is 2.46. The molecular weight excluding hydrogens is 228 g/mol. The van der Waals surface area contributed by atoms with E-state index < -0.39 is 0 Å². The summed E-state index contributed by atoms with van der Waals surface area (Å²) in [6.45, 7) is 1.26. The van der Waals surface area contributed by atoms with Crippen molar-refractivity contribution in [2.45, 2.75) is 18.8 Å². The van der Waals surface area contributed by atoms with Crippen molar-refractivity contribution >= 4 is 5.91 Å². The van der Waals surface area contributed by atoms with Crippen LogP contribution in [0.1, 0.15) is 34.7 Å². The van der Waals surface area contributed by atoms with Crippen molar-refractivity contribution in [3.05, 3.63) is 45.8 Å². The molecule has 5 nitrogen and oxygen atoms in total. The molecule has 1 heterocycles. The fourth-order valence-electron chi connectivity index (χ4n) is 2.47. The standard InChI is InChI=1S/C13H16N4O/c1-17-9-10(5-4-8-15-16-14)11-6-2-3-7-12(11)13(17)18/h2-3,6-7,10H,4-5,8-9H2,1H3/t10-/m1/s1. The molecule has 1 aromatic carbocycles. The maximum absolute atomic E-state index is 12.0. The summed E-state index contributed by atoms with van der Waals surface area (Å²) in [5.74, 6) is 0.440. The Balaban J connectivity index is 2.14. The molecule has 2 rings (SSSR count). The van der Waals surface area contributed by atoms with Crippen molar-refractivity contribution in [2.24, 2.45) is 5.11 Å². The molecular formula is C13H16N4O. The molecule has 0 radical (unpaired) electrons. The van der Waals surface area contributed by atoms with Gasteiger partial charge < -0.3 is 4.90 Å². The first-order chi connectivity index (χ1) is 8.74. The van der Waals surface area contributed by atoms with Gasteiger partial charge >= 0.3 is 0 Å². The number of benzene rings is 1. The molecule has 0 spiro atoms. The van der Waals surface area contributed by atoms with Gasteiger partial charge in [0.25, 0.3) is 5.91 Å². The summed E-state index contributed by atoms with van der Waals surface area (Å²) in [5, 5.41) is 3.55. The van der Waals surface area contributed by atoms with Gasteiger partial charge in [0.05, 0.1) is 0 Å². The van der Waals surface area contributed by atoms with E-state index in [9.17, 15) is 4.79 Å². The van der Waals surface area contributed by atoms with Gasteiger partial charge in [0.1, 0.15) is 0 Å². The van der Waals surface area contributed by atoms with Crippen LogP contribution in [-0.4, -0.2) is 30.9 Å². The summed E-state index contributed by atoms with van der Waals surface area (Å²) in [6.07, 6.45) is 1.79. The van der Waals surface area contributed by atoms with Crippen molar-refractivity contribution < 1.29 is 4.79 Å². The number of azide groups is 1. The molecule has 1 amide bonds. The minimum Gasteiger partial charge on any atom is -0.341 e. The van der Waals surface area contributed by atoms with Crippen LogP contribution in [0.4, 0.5) is 0 Å². The van der Waals surface area contributed by atoms with Crippen LogP contribution in [0.15, 0.2) is 29.4 Å². The molecule has 0 saturated carbocycles. The van der Waals surface area contributed by atoms with Gasteiger partial charge in [0, 0.05) is 36.5 Å². The van der Waals surface area contributed by atoms with E-state index in [1.54, 1.807) is 4.90 Å². The molecule has 1 atom stereocenters. The molecule has 94 valence electrons. The summed E-state index contributed by atoms with van der Waals surface area (Å²) in [6, 6.07) is 7.77. The van der Waals surface area contributed by atoms with Crippen LogP contribution < -0.4 is 0 Å². The molecule has 1 aliphatic rings. The highest BCUT2D eigenvalue weighted by atomic mass is 16.2. The van der Waals surface area contributed by atoms with Crippen LogP contribution in [0.5, 0.6) is 0 Å². The van der Waals surface area contributed by atoms with Crippen LogP contribution >= 0.6 is 0 Å². The van der Waals surface area contributed by atoms with Crippen LogP contribution in [-0.2, 0) is 0 Å². The molecule has 0 aliphatic carbocycles. The lowest BCUT2D eigenvalue weighted by Crippen LogP contribution is -2.36. The number of carbonyl (C=O) groups is 1. The van der Waals surface area contributed by atoms with Gasteiger partial charge in [-0.25, -0.2) is 0 Å². The van der Waals surface area contributed by atoms with E-state index >= 15 is 0 Å². The summed E-state index contributed by atoms with van der Waals surface area (Å²) in [4.78, 5) is 16.5. The first-order valence-corrected chi connectivity index (χ1v) is 6.09. The lowest BCUT2D eigenvalue weighted by atomic mass is 9.86. The zero-order valence-corrected chi connectivity index (χ0v) is 10.4. The molecule has 5 heteroatoms. The zero-order valence-electron chi connectivity index (χ0n) is 10.4. The topological polar surface area (TPSA) is 69.1 Å². The molecule has 0 bridgehead atoms. The van der Waals surface area contributed by atoms with Gasteiger partial charge in [-0.1, -0.05) is 23.3 Å². The van der Waals surface area contributed by atoms with E-state index in [-0.39, 0.29) is 5.91 Å². The Morgan fingerprint density at radius 3 is 3.06 bits per heavy atom. The lowest BCUT2D eigenvalue weighted by Gasteiger charge is -2.31. The number of nitrogens with zero attached hydrogens (tertiary/aromatic N) is 4. The second-order valence-corrected chi connectivity index (χ2v) is 4.57. The minimum atomic E-state index is 0.0943. The molecule has 1 aromatic rings. The molecule has 0 unspecified atom stereocenters. The fraction of sp³-hybridized carbons (Fsp3) is 0.462. The van der Waals surface area contributed by atoms with Crippen molar-refractivity contribution in [1.29, 1.82) is 0 Å². The number of fused-ring (bicyclic) bond motifs is 1. The van der Waals surface area contributed by atoms with E-state index in [1.807, 2.05) is 31.3 Å². The van der Waals surface area contributed by atoms with Gasteiger partial charge in [0.2, 0.25) is 0 Å². The van der Waals surface area contributed by atoms with Crippen LogP contribution in [0.25, 0.3) is 10.4 Å². The van der Waals surface area contributed by atoms with Gasteiger partial charge in [0.15, 0.2) is 0 Å². The summed E-state index contributed by atoms with van der Waals surface area (Å²) in [5.41, 5.74) is 10.2. The molecule has 0 N–H and O–H groups in total. The SMILES string of the molecule is CN1C[C@@H](CCCN=[N+]=[N-])c2ccccc2C1=O. The fourth-order valence-corrected chi connectivity index (χ4v) is 2.47. The Morgan fingerprint density at radius 1 is 1.50 bits per heavy atom. The smallest absolute Gasteiger partial charge is 0.253 e. The maximum atomic E-state index is 12.0. The number of hydrogen-bond donors (Lipinski definition) is 0. The molecule has 0 fully saturated rings. The first kappa shape index (κ1) is 12.5. The van der Waals surface area contributed by atoms with E-state index in [4.69, 9.17) is 5.53 Å². The van der Waals surface area contributed by atoms with Crippen LogP contribution in [0, 0.1) is 0 Å². The Hall–Kier alpha value is -2.00. The first-order valence-electron chi connectivity index (χ1n) is 6.09. The Bertz CT molecular complexity index is 494. The average Bonchev–Trinajstić information content (AvgIpc) is 2.40. The zero-order chi connectivity index (χ0) is 13.0. The maximum Gasteiger partial charge on any atom is 0.253 e. The Kier molecular flexibility index (Phi) is 3.85. The molecule has 1 aliphatic heterocycles. The van der Waals surface area contributed by atoms with Crippen molar-refractivity contribution in [2.75, 3.05) is 20.1 Å². The van der Waals surface area contributed by atoms with E-state index in [2.05, 4.69) is 10.0 Å². The summed E-state index contributed by atoms with van der Waals surface area (Å²) >= 11 is 0. The van der Waals surface area contributed by atoms with Crippen molar-refractivity contribution in [3.63, 3.8) is 0 Å². The van der Waals surface area contributed by atoms with E-state index in [0.29, 0.717) is 12.5 Å². The number of carbonyl (C=O) groups excluding carboxylic acids is 1. The average molecular weight is 244 g/mol. The number of amides is 1. The van der Waals surface area contributed by atoms with Crippen LogP contribution in [0.3, 0.4) is 0 Å². The third-order valence-corrected chi connectivity index (χ3v) is 3.35. The van der Waals surface area contributed by atoms with Gasteiger partial charge in [-0.15, -0.1) is 0 Å². The minimum absolute atomic E-state index is 0.0943. The Morgan fingerprint density at radius 2 is 2.28 bits per heavy atom. The van der Waals surface area contributed by atoms with E-state index in [0.717, 1.165) is 30.5 Å². The van der Waals surface area contributed by atoms with Gasteiger partial charge in [-0.05, 0) is 30.0 Å². The van der Waals surface area contributed by atoms with Crippen LogP contribution in [0.2, 0.25) is 0 Å². The predicted octanol–water partition coefficient (Wildman–Crippen LogP) is 2.95. The molecule has 18 heavy (non-hydrogen) atoms. The summed E-state index contributed by atoms with van der Waals surface area (Å²) < 4.78 is 0. The van der Waals surface area contributed by atoms with Crippen molar-refractivity contribution in [1.82, 2.24) is 4.90 Å². The third-order valence-electron chi connectivity index (χ3n) is 3.35. The number of hydrogen-bond acceptors (Lipinski definition) is 2. The van der Waals surface area contributed by atoms with Gasteiger partial charge in [-0.2, -0.15) is 0 Å². The highest BCUT2D eigenvalue weighted by Crippen LogP contribution is 2.30. The second kappa shape index (κ2) is 5.56. The van der Waals surface area contributed by atoms with Crippen molar-refractivity contribution in [3.8, 4) is 0 Å². The molecule has 0 aromatic heterocycles. The quantitative estimate of drug-likeness (QED) is 0.347. The number of rotatable bonds is 4. The normalized spacial score (nSPS) is 18.2. The Labute approximate surface area is 106 Å².